The summed E-state index contributed by atoms with van der Waals surface area (Å²) in [7, 11) is 0. The van der Waals surface area contributed by atoms with Gasteiger partial charge in [-0.1, -0.05) is 17.1 Å². The zero-order chi connectivity index (χ0) is 10.2. The van der Waals surface area contributed by atoms with Crippen molar-refractivity contribution in [3.8, 4) is 12.3 Å². The lowest BCUT2D eigenvalue weighted by molar-refractivity contribution is 0.181. The molecule has 0 saturated heterocycles. The van der Waals surface area contributed by atoms with E-state index >= 15 is 0 Å². The Morgan fingerprint density at radius 1 is 1.64 bits per heavy atom. The molecule has 0 bridgehead atoms. The van der Waals surface area contributed by atoms with Crippen LogP contribution in [0.25, 0.3) is 0 Å². The third-order valence-corrected chi connectivity index (χ3v) is 1.54. The van der Waals surface area contributed by atoms with Crippen LogP contribution < -0.4 is 0 Å². The van der Waals surface area contributed by atoms with Crippen LogP contribution in [0, 0.1) is 19.3 Å². The Morgan fingerprint density at radius 2 is 2.50 bits per heavy atom. The number of rotatable bonds is 4. The van der Waals surface area contributed by atoms with Crippen LogP contribution in [0.4, 0.5) is 0 Å². The predicted molar refractivity (Wildman–Crippen MR) is 56.0 cm³/mol. The first-order chi connectivity index (χ1) is 6.83. The molecule has 3 heteroatoms. The Bertz CT molecular complexity index is 353. The van der Waals surface area contributed by atoms with E-state index in [1.54, 1.807) is 6.21 Å². The molecule has 14 heavy (non-hydrogen) atoms. The Kier molecular flexibility index (Phi) is 4.22. The van der Waals surface area contributed by atoms with Gasteiger partial charge in [0.2, 0.25) is 0 Å². The maximum atomic E-state index is 4.98. The molecule has 0 saturated carbocycles. The number of aromatic nitrogens is 1. The zero-order valence-electron chi connectivity index (χ0n) is 8.10. The SMILES string of the molecule is C#CCO/N=C/Cc1cccc(C)n1. The molecular formula is C11H12N2O. The van der Waals surface area contributed by atoms with E-state index in [0.717, 1.165) is 11.4 Å². The minimum absolute atomic E-state index is 0.206. The fourth-order valence-electron chi connectivity index (χ4n) is 0.971. The van der Waals surface area contributed by atoms with Crippen molar-refractivity contribution in [3.63, 3.8) is 0 Å². The van der Waals surface area contributed by atoms with E-state index in [1.165, 1.54) is 0 Å². The summed E-state index contributed by atoms with van der Waals surface area (Å²) in [5.41, 5.74) is 1.97. The third kappa shape index (κ3) is 3.72. The predicted octanol–water partition coefficient (Wildman–Crippen LogP) is 1.57. The lowest BCUT2D eigenvalue weighted by Gasteiger charge is -1.96. The second-order valence-electron chi connectivity index (χ2n) is 2.74. The molecule has 0 aliphatic rings. The first kappa shape index (κ1) is 10.3. The third-order valence-electron chi connectivity index (χ3n) is 1.54. The average molecular weight is 188 g/mol. The summed E-state index contributed by atoms with van der Waals surface area (Å²) in [6.07, 6.45) is 7.29. The van der Waals surface area contributed by atoms with Crippen molar-refractivity contribution in [2.45, 2.75) is 13.3 Å². The highest BCUT2D eigenvalue weighted by Crippen LogP contribution is 1.97. The molecule has 0 fully saturated rings. The molecule has 0 amide bonds. The van der Waals surface area contributed by atoms with E-state index in [1.807, 2.05) is 25.1 Å². The van der Waals surface area contributed by atoms with Gasteiger partial charge in [-0.2, -0.15) is 0 Å². The molecule has 0 spiro atoms. The standard InChI is InChI=1S/C11H12N2O/c1-3-9-14-12-8-7-11-6-4-5-10(2)13-11/h1,4-6,8H,7,9H2,2H3/b12-8+. The molecule has 0 aromatic carbocycles. The van der Waals surface area contributed by atoms with Crippen LogP contribution in [-0.2, 0) is 11.3 Å². The Morgan fingerprint density at radius 3 is 3.21 bits per heavy atom. The van der Waals surface area contributed by atoms with Crippen molar-refractivity contribution in [1.82, 2.24) is 4.98 Å². The molecule has 72 valence electrons. The van der Waals surface area contributed by atoms with Gasteiger partial charge in [0.1, 0.15) is 0 Å². The van der Waals surface area contributed by atoms with Gasteiger partial charge in [-0.05, 0) is 19.1 Å². The average Bonchev–Trinajstić information content (AvgIpc) is 2.18. The highest BCUT2D eigenvalue weighted by atomic mass is 16.6. The van der Waals surface area contributed by atoms with Crippen molar-refractivity contribution in [2.75, 3.05) is 6.61 Å². The Hall–Kier alpha value is -1.82. The molecule has 0 radical (unpaired) electrons. The minimum Gasteiger partial charge on any atom is -0.383 e. The smallest absolute Gasteiger partial charge is 0.177 e. The van der Waals surface area contributed by atoms with Crippen LogP contribution in [0.1, 0.15) is 11.4 Å². The molecule has 0 aliphatic carbocycles. The summed E-state index contributed by atoms with van der Waals surface area (Å²) >= 11 is 0. The lowest BCUT2D eigenvalue weighted by atomic mass is 10.2. The molecule has 1 heterocycles. The van der Waals surface area contributed by atoms with Gasteiger partial charge < -0.3 is 4.84 Å². The van der Waals surface area contributed by atoms with Gasteiger partial charge in [0.15, 0.2) is 6.61 Å². The summed E-state index contributed by atoms with van der Waals surface area (Å²) in [6, 6.07) is 5.86. The first-order valence-electron chi connectivity index (χ1n) is 4.32. The van der Waals surface area contributed by atoms with E-state index in [4.69, 9.17) is 11.3 Å². The molecule has 1 aromatic heterocycles. The summed E-state index contributed by atoms with van der Waals surface area (Å²) in [4.78, 5) is 9.04. The molecule has 3 nitrogen and oxygen atoms in total. The van der Waals surface area contributed by atoms with Gasteiger partial charge in [0.05, 0.1) is 0 Å². The maximum Gasteiger partial charge on any atom is 0.177 e. The molecule has 1 rings (SSSR count). The maximum absolute atomic E-state index is 4.98. The fraction of sp³-hybridized carbons (Fsp3) is 0.273. The minimum atomic E-state index is 0.206. The second kappa shape index (κ2) is 5.76. The summed E-state index contributed by atoms with van der Waals surface area (Å²) in [5, 5.41) is 3.68. The van der Waals surface area contributed by atoms with Crippen LogP contribution >= 0.6 is 0 Å². The number of aryl methyl sites for hydroxylation is 1. The van der Waals surface area contributed by atoms with Crippen molar-refractivity contribution in [3.05, 3.63) is 29.6 Å². The van der Waals surface area contributed by atoms with Crippen LogP contribution in [0.3, 0.4) is 0 Å². The largest absolute Gasteiger partial charge is 0.383 e. The number of hydrogen-bond donors (Lipinski definition) is 0. The zero-order valence-corrected chi connectivity index (χ0v) is 8.10. The number of pyridine rings is 1. The van der Waals surface area contributed by atoms with E-state index in [9.17, 15) is 0 Å². The first-order valence-corrected chi connectivity index (χ1v) is 4.32. The van der Waals surface area contributed by atoms with Crippen LogP contribution in [-0.4, -0.2) is 17.8 Å². The summed E-state index contributed by atoms with van der Waals surface area (Å²) in [6.45, 7) is 2.16. The van der Waals surface area contributed by atoms with Crippen LogP contribution in [0.2, 0.25) is 0 Å². The van der Waals surface area contributed by atoms with Crippen molar-refractivity contribution >= 4 is 6.21 Å². The van der Waals surface area contributed by atoms with Gasteiger partial charge in [-0.25, -0.2) is 0 Å². The van der Waals surface area contributed by atoms with E-state index in [-0.39, 0.29) is 6.61 Å². The highest BCUT2D eigenvalue weighted by molar-refractivity contribution is 5.59. The fourth-order valence-corrected chi connectivity index (χ4v) is 0.971. The molecule has 0 aliphatic heterocycles. The number of oxime groups is 1. The van der Waals surface area contributed by atoms with E-state index in [0.29, 0.717) is 6.42 Å². The molecule has 1 aromatic rings. The molecule has 0 unspecified atom stereocenters. The van der Waals surface area contributed by atoms with Gasteiger partial charge in [0, 0.05) is 24.0 Å². The Labute approximate surface area is 83.8 Å². The van der Waals surface area contributed by atoms with E-state index < -0.39 is 0 Å². The van der Waals surface area contributed by atoms with Crippen molar-refractivity contribution in [2.24, 2.45) is 5.16 Å². The van der Waals surface area contributed by atoms with Crippen molar-refractivity contribution in [1.29, 1.82) is 0 Å². The summed E-state index contributed by atoms with van der Waals surface area (Å²) in [5.74, 6) is 2.32. The summed E-state index contributed by atoms with van der Waals surface area (Å²) < 4.78 is 0. The van der Waals surface area contributed by atoms with Crippen LogP contribution in [0.5, 0.6) is 0 Å². The normalized spacial score (nSPS) is 10.0. The molecular weight excluding hydrogens is 176 g/mol. The second-order valence-corrected chi connectivity index (χ2v) is 2.74. The number of terminal acetylenes is 1. The molecule has 0 atom stereocenters. The quantitative estimate of drug-likeness (QED) is 0.311. The van der Waals surface area contributed by atoms with Gasteiger partial charge in [-0.3, -0.25) is 4.98 Å². The van der Waals surface area contributed by atoms with Gasteiger partial charge >= 0.3 is 0 Å². The molecule has 0 N–H and O–H groups in total. The van der Waals surface area contributed by atoms with Gasteiger partial charge in [-0.15, -0.1) is 6.42 Å². The van der Waals surface area contributed by atoms with Crippen LogP contribution in [0.15, 0.2) is 23.4 Å². The van der Waals surface area contributed by atoms with E-state index in [2.05, 4.69) is 16.1 Å². The lowest BCUT2D eigenvalue weighted by Crippen LogP contribution is -1.93. The topological polar surface area (TPSA) is 34.5 Å². The highest BCUT2D eigenvalue weighted by Gasteiger charge is 1.91. The van der Waals surface area contributed by atoms with Gasteiger partial charge in [0.25, 0.3) is 0 Å². The number of hydrogen-bond acceptors (Lipinski definition) is 3. The number of nitrogens with zero attached hydrogens (tertiary/aromatic N) is 2. The van der Waals surface area contributed by atoms with Crippen molar-refractivity contribution < 1.29 is 4.84 Å². The monoisotopic (exact) mass is 188 g/mol. The Balaban J connectivity index is 2.38.